The maximum atomic E-state index is 12.7. The van der Waals surface area contributed by atoms with Gasteiger partial charge in [0.2, 0.25) is 5.91 Å². The van der Waals surface area contributed by atoms with Crippen molar-refractivity contribution in [3.05, 3.63) is 74.3 Å². The molecule has 0 aromatic heterocycles. The highest BCUT2D eigenvalue weighted by molar-refractivity contribution is 6.31. The number of nitro groups is 1. The molecular formula is C17H14ClF3N2O3. The third kappa shape index (κ3) is 4.95. The molecule has 0 saturated carbocycles. The zero-order valence-corrected chi connectivity index (χ0v) is 14.3. The van der Waals surface area contributed by atoms with E-state index in [4.69, 9.17) is 11.6 Å². The molecule has 0 unspecified atom stereocenters. The van der Waals surface area contributed by atoms with E-state index in [9.17, 15) is 28.1 Å². The Morgan fingerprint density at radius 2 is 1.92 bits per heavy atom. The first-order valence-corrected chi connectivity index (χ1v) is 7.78. The van der Waals surface area contributed by atoms with Gasteiger partial charge in [-0.25, -0.2) is 0 Å². The van der Waals surface area contributed by atoms with Gasteiger partial charge in [0, 0.05) is 30.7 Å². The lowest BCUT2D eigenvalue weighted by atomic mass is 10.1. The van der Waals surface area contributed by atoms with Gasteiger partial charge in [-0.05, 0) is 23.3 Å². The minimum atomic E-state index is -4.48. The summed E-state index contributed by atoms with van der Waals surface area (Å²) in [7, 11) is 1.45. The number of carbonyl (C=O) groups is 1. The minimum Gasteiger partial charge on any atom is -0.341 e. The van der Waals surface area contributed by atoms with Crippen LogP contribution >= 0.6 is 11.6 Å². The Morgan fingerprint density at radius 3 is 2.54 bits per heavy atom. The summed E-state index contributed by atoms with van der Waals surface area (Å²) in [5, 5.41) is 11.1. The Morgan fingerprint density at radius 1 is 1.23 bits per heavy atom. The number of alkyl halides is 3. The van der Waals surface area contributed by atoms with Gasteiger partial charge < -0.3 is 4.90 Å². The summed E-state index contributed by atoms with van der Waals surface area (Å²) in [6.45, 7) is -0.00168. The smallest absolute Gasteiger partial charge is 0.341 e. The first kappa shape index (κ1) is 19.7. The lowest BCUT2D eigenvalue weighted by molar-refractivity contribution is -0.384. The number of likely N-dealkylation sites (N-methyl/N-ethyl adjacent to an activating group) is 1. The summed E-state index contributed by atoms with van der Waals surface area (Å²) in [4.78, 5) is 23.8. The first-order valence-electron chi connectivity index (χ1n) is 7.41. The molecule has 2 aromatic rings. The van der Waals surface area contributed by atoms with Crippen molar-refractivity contribution >= 4 is 23.2 Å². The number of nitrogens with zero attached hydrogens (tertiary/aromatic N) is 2. The van der Waals surface area contributed by atoms with Crippen molar-refractivity contribution < 1.29 is 22.9 Å². The molecule has 9 heteroatoms. The molecule has 1 amide bonds. The molecule has 0 aliphatic carbocycles. The molecule has 5 nitrogen and oxygen atoms in total. The van der Waals surface area contributed by atoms with E-state index in [1.54, 1.807) is 0 Å². The van der Waals surface area contributed by atoms with Crippen LogP contribution < -0.4 is 0 Å². The molecule has 0 saturated heterocycles. The summed E-state index contributed by atoms with van der Waals surface area (Å²) in [6, 6.07) is 8.39. The number of rotatable bonds is 5. The van der Waals surface area contributed by atoms with Crippen molar-refractivity contribution in [2.45, 2.75) is 19.1 Å². The monoisotopic (exact) mass is 386 g/mol. The molecule has 0 aliphatic rings. The zero-order valence-electron chi connectivity index (χ0n) is 13.6. The van der Waals surface area contributed by atoms with Crippen LogP contribution in [0.15, 0.2) is 42.5 Å². The number of nitro benzene ring substituents is 1. The highest BCUT2D eigenvalue weighted by Gasteiger charge is 2.30. The number of non-ortho nitro benzene ring substituents is 1. The largest absolute Gasteiger partial charge is 0.416 e. The molecule has 0 fully saturated rings. The van der Waals surface area contributed by atoms with Crippen molar-refractivity contribution in [1.82, 2.24) is 4.90 Å². The van der Waals surface area contributed by atoms with Crippen LogP contribution in [0.5, 0.6) is 0 Å². The Balaban J connectivity index is 2.11. The second-order valence-corrected chi connectivity index (χ2v) is 6.06. The predicted molar refractivity (Wildman–Crippen MR) is 89.7 cm³/mol. The van der Waals surface area contributed by atoms with Gasteiger partial charge in [0.1, 0.15) is 0 Å². The van der Waals surface area contributed by atoms with Crippen molar-refractivity contribution in [1.29, 1.82) is 0 Å². The highest BCUT2D eigenvalue weighted by Crippen LogP contribution is 2.29. The maximum Gasteiger partial charge on any atom is 0.416 e. The van der Waals surface area contributed by atoms with E-state index < -0.39 is 22.6 Å². The Labute approximate surface area is 152 Å². The summed E-state index contributed by atoms with van der Waals surface area (Å²) in [6.07, 6.45) is -4.71. The molecule has 2 rings (SSSR count). The van der Waals surface area contributed by atoms with Crippen LogP contribution in [-0.4, -0.2) is 22.8 Å². The van der Waals surface area contributed by atoms with E-state index in [0.29, 0.717) is 5.56 Å². The fourth-order valence-corrected chi connectivity index (χ4v) is 2.48. The number of benzene rings is 2. The molecule has 0 radical (unpaired) electrons. The summed E-state index contributed by atoms with van der Waals surface area (Å²) >= 11 is 6.00. The average molecular weight is 387 g/mol. The van der Waals surface area contributed by atoms with Crippen molar-refractivity contribution in [3.63, 3.8) is 0 Å². The minimum absolute atomic E-state index is 0.00168. The first-order chi connectivity index (χ1) is 12.1. The Hall–Kier alpha value is -2.61. The van der Waals surface area contributed by atoms with Crippen LogP contribution in [0.3, 0.4) is 0 Å². The normalized spacial score (nSPS) is 11.3. The Kier molecular flexibility index (Phi) is 5.86. The van der Waals surface area contributed by atoms with Gasteiger partial charge in [0.25, 0.3) is 5.69 Å². The van der Waals surface area contributed by atoms with Crippen molar-refractivity contribution in [2.24, 2.45) is 0 Å². The quantitative estimate of drug-likeness (QED) is 0.562. The van der Waals surface area contributed by atoms with Gasteiger partial charge in [0.05, 0.1) is 16.9 Å². The lowest BCUT2D eigenvalue weighted by Gasteiger charge is -2.18. The van der Waals surface area contributed by atoms with Crippen molar-refractivity contribution in [2.75, 3.05) is 7.05 Å². The molecule has 138 valence electrons. The zero-order chi connectivity index (χ0) is 19.5. The van der Waals surface area contributed by atoms with Crippen LogP contribution in [-0.2, 0) is 23.9 Å². The number of hydrogen-bond acceptors (Lipinski definition) is 3. The van der Waals surface area contributed by atoms with Crippen LogP contribution in [0.2, 0.25) is 5.02 Å². The molecule has 26 heavy (non-hydrogen) atoms. The molecular weight excluding hydrogens is 373 g/mol. The Bertz CT molecular complexity index is 840. The molecule has 0 spiro atoms. The summed E-state index contributed by atoms with van der Waals surface area (Å²) in [5.74, 6) is -0.438. The highest BCUT2D eigenvalue weighted by atomic mass is 35.5. The van der Waals surface area contributed by atoms with Crippen LogP contribution in [0.4, 0.5) is 18.9 Å². The van der Waals surface area contributed by atoms with E-state index in [-0.39, 0.29) is 29.2 Å². The number of halogens is 4. The molecule has 0 N–H and O–H groups in total. The van der Waals surface area contributed by atoms with E-state index >= 15 is 0 Å². The van der Waals surface area contributed by atoms with Crippen molar-refractivity contribution in [3.8, 4) is 0 Å². The van der Waals surface area contributed by atoms with Gasteiger partial charge in [-0.15, -0.1) is 0 Å². The number of carbonyl (C=O) groups excluding carboxylic acids is 1. The second-order valence-electron chi connectivity index (χ2n) is 5.66. The second kappa shape index (κ2) is 7.74. The number of amides is 1. The van der Waals surface area contributed by atoms with E-state index in [0.717, 1.165) is 12.1 Å². The summed E-state index contributed by atoms with van der Waals surface area (Å²) in [5.41, 5.74) is -0.391. The molecule has 2 aromatic carbocycles. The van der Waals surface area contributed by atoms with Crippen LogP contribution in [0.1, 0.15) is 16.7 Å². The number of hydrogen-bond donors (Lipinski definition) is 0. The predicted octanol–water partition coefficient (Wildman–Crippen LogP) is 4.47. The van der Waals surface area contributed by atoms with Gasteiger partial charge in [-0.2, -0.15) is 13.2 Å². The standard InChI is InChI=1S/C17H14ClF3N2O3/c1-22(10-12-9-14(23(25)26)5-6-15(12)18)16(24)8-11-3-2-4-13(7-11)17(19,20)21/h2-7,9H,8,10H2,1H3. The maximum absolute atomic E-state index is 12.7. The SMILES string of the molecule is CN(Cc1cc([N+](=O)[O-])ccc1Cl)C(=O)Cc1cccc(C(F)(F)F)c1. The van der Waals surface area contributed by atoms with E-state index in [1.165, 1.54) is 42.3 Å². The van der Waals surface area contributed by atoms with Gasteiger partial charge in [0.15, 0.2) is 0 Å². The topological polar surface area (TPSA) is 63.4 Å². The van der Waals surface area contributed by atoms with Crippen LogP contribution in [0, 0.1) is 10.1 Å². The van der Waals surface area contributed by atoms with Crippen LogP contribution in [0.25, 0.3) is 0 Å². The van der Waals surface area contributed by atoms with Gasteiger partial charge in [-0.1, -0.05) is 29.8 Å². The van der Waals surface area contributed by atoms with Gasteiger partial charge in [-0.3, -0.25) is 14.9 Å². The fraction of sp³-hybridized carbons (Fsp3) is 0.235. The lowest BCUT2D eigenvalue weighted by Crippen LogP contribution is -2.28. The molecule has 0 aliphatic heterocycles. The van der Waals surface area contributed by atoms with E-state index in [2.05, 4.69) is 0 Å². The van der Waals surface area contributed by atoms with E-state index in [1.807, 2.05) is 0 Å². The molecule has 0 bridgehead atoms. The molecule has 0 heterocycles. The third-order valence-corrected chi connectivity index (χ3v) is 4.05. The fourth-order valence-electron chi connectivity index (χ4n) is 2.31. The summed E-state index contributed by atoms with van der Waals surface area (Å²) < 4.78 is 38.2. The third-order valence-electron chi connectivity index (χ3n) is 3.68. The molecule has 0 atom stereocenters. The average Bonchev–Trinajstić information content (AvgIpc) is 2.56. The van der Waals surface area contributed by atoms with Gasteiger partial charge >= 0.3 is 6.18 Å².